The first-order valence-electron chi connectivity index (χ1n) is 7.45. The zero-order chi connectivity index (χ0) is 15.4. The topological polar surface area (TPSA) is 98.9 Å². The van der Waals surface area contributed by atoms with Gasteiger partial charge in [-0.1, -0.05) is 18.2 Å². The third kappa shape index (κ3) is 3.25. The number of aromatic nitrogens is 2. The Hall–Kier alpha value is -2.41. The highest BCUT2D eigenvalue weighted by Crippen LogP contribution is 2.14. The molecule has 1 aromatic carbocycles. The Morgan fingerprint density at radius 3 is 3.00 bits per heavy atom. The minimum atomic E-state index is -0.271. The first-order valence-corrected chi connectivity index (χ1v) is 7.45. The van der Waals surface area contributed by atoms with E-state index in [1.807, 2.05) is 24.3 Å². The van der Waals surface area contributed by atoms with E-state index in [1.54, 1.807) is 0 Å². The average molecular weight is 301 g/mol. The van der Waals surface area contributed by atoms with Crippen LogP contribution < -0.4 is 16.0 Å². The smallest absolute Gasteiger partial charge is 0.272 e. The highest BCUT2D eigenvalue weighted by Gasteiger charge is 2.17. The van der Waals surface area contributed by atoms with Crippen molar-refractivity contribution in [3.63, 3.8) is 0 Å². The van der Waals surface area contributed by atoms with Crippen LogP contribution in [0.25, 0.3) is 10.9 Å². The molecule has 116 valence electrons. The Morgan fingerprint density at radius 2 is 2.18 bits per heavy atom. The van der Waals surface area contributed by atoms with Crippen molar-refractivity contribution in [2.45, 2.75) is 18.9 Å². The normalized spacial score (nSPS) is 17.5. The molecular weight excluding hydrogens is 282 g/mol. The van der Waals surface area contributed by atoms with Gasteiger partial charge in [0.1, 0.15) is 0 Å². The monoisotopic (exact) mass is 301 g/mol. The second-order valence-corrected chi connectivity index (χ2v) is 5.38. The number of para-hydroxylation sites is 1. The quantitative estimate of drug-likeness (QED) is 0.632. The van der Waals surface area contributed by atoms with Crippen molar-refractivity contribution in [3.8, 4) is 0 Å². The molecule has 1 unspecified atom stereocenters. The fourth-order valence-corrected chi connectivity index (χ4v) is 2.59. The van der Waals surface area contributed by atoms with Gasteiger partial charge in [-0.3, -0.25) is 14.7 Å². The molecule has 1 fully saturated rings. The van der Waals surface area contributed by atoms with E-state index in [1.165, 1.54) is 0 Å². The Balaban J connectivity index is 1.49. The molecule has 1 aromatic heterocycles. The average Bonchev–Trinajstić information content (AvgIpc) is 3.16. The van der Waals surface area contributed by atoms with Gasteiger partial charge in [0.25, 0.3) is 5.91 Å². The summed E-state index contributed by atoms with van der Waals surface area (Å²) in [6.07, 6.45) is 1.22. The molecule has 2 amide bonds. The highest BCUT2D eigenvalue weighted by molar-refractivity contribution is 6.04. The number of nitrogens with one attached hydrogen (secondary N) is 4. The molecule has 22 heavy (non-hydrogen) atoms. The summed E-state index contributed by atoms with van der Waals surface area (Å²) in [5.41, 5.74) is 1.18. The number of aromatic amines is 1. The van der Waals surface area contributed by atoms with Crippen molar-refractivity contribution in [3.05, 3.63) is 30.0 Å². The molecule has 2 aromatic rings. The molecule has 3 rings (SSSR count). The molecule has 1 aliphatic heterocycles. The molecule has 0 aliphatic carbocycles. The van der Waals surface area contributed by atoms with Crippen molar-refractivity contribution < 1.29 is 9.59 Å². The number of rotatable bonds is 5. The number of H-pyrrole nitrogens is 1. The second kappa shape index (κ2) is 6.57. The van der Waals surface area contributed by atoms with Gasteiger partial charge in [-0.05, 0) is 19.0 Å². The van der Waals surface area contributed by atoms with Crippen molar-refractivity contribution in [1.29, 1.82) is 0 Å². The SMILES string of the molecule is O=C(CCNC(=O)c1n[nH]c2ccccc12)NC1CCNC1. The third-order valence-corrected chi connectivity index (χ3v) is 3.75. The number of benzene rings is 1. The third-order valence-electron chi connectivity index (χ3n) is 3.75. The maximum atomic E-state index is 12.1. The van der Waals surface area contributed by atoms with E-state index in [2.05, 4.69) is 26.1 Å². The summed E-state index contributed by atoms with van der Waals surface area (Å²) in [5.74, 6) is -0.311. The van der Waals surface area contributed by atoms with Crippen LogP contribution in [-0.2, 0) is 4.79 Å². The van der Waals surface area contributed by atoms with Crippen molar-refractivity contribution in [1.82, 2.24) is 26.1 Å². The summed E-state index contributed by atoms with van der Waals surface area (Å²) >= 11 is 0. The number of carbonyl (C=O) groups excluding carboxylic acids is 2. The fraction of sp³-hybridized carbons (Fsp3) is 0.400. The maximum Gasteiger partial charge on any atom is 0.272 e. The van der Waals surface area contributed by atoms with Gasteiger partial charge in [0.05, 0.1) is 5.52 Å². The number of fused-ring (bicyclic) bond motifs is 1. The van der Waals surface area contributed by atoms with Crippen LogP contribution in [0.15, 0.2) is 24.3 Å². The number of hydrogen-bond acceptors (Lipinski definition) is 4. The molecule has 1 atom stereocenters. The summed E-state index contributed by atoms with van der Waals surface area (Å²) in [6, 6.07) is 7.65. The lowest BCUT2D eigenvalue weighted by atomic mass is 10.2. The minimum absolute atomic E-state index is 0.0408. The van der Waals surface area contributed by atoms with Gasteiger partial charge in [0.15, 0.2) is 5.69 Å². The van der Waals surface area contributed by atoms with Crippen molar-refractivity contribution >= 4 is 22.7 Å². The Bertz CT molecular complexity index is 675. The lowest BCUT2D eigenvalue weighted by Crippen LogP contribution is -2.38. The Morgan fingerprint density at radius 1 is 1.32 bits per heavy atom. The highest BCUT2D eigenvalue weighted by atomic mass is 16.2. The van der Waals surface area contributed by atoms with Gasteiger partial charge in [-0.2, -0.15) is 5.10 Å². The summed E-state index contributed by atoms with van der Waals surface area (Å²) < 4.78 is 0. The number of carbonyl (C=O) groups is 2. The van der Waals surface area contributed by atoms with Crippen LogP contribution in [0.4, 0.5) is 0 Å². The summed E-state index contributed by atoms with van der Waals surface area (Å²) in [7, 11) is 0. The zero-order valence-corrected chi connectivity index (χ0v) is 12.2. The van der Waals surface area contributed by atoms with E-state index in [-0.39, 0.29) is 24.3 Å². The van der Waals surface area contributed by atoms with E-state index >= 15 is 0 Å². The molecule has 0 bridgehead atoms. The van der Waals surface area contributed by atoms with Gasteiger partial charge in [-0.15, -0.1) is 0 Å². The maximum absolute atomic E-state index is 12.1. The van der Waals surface area contributed by atoms with E-state index in [0.717, 1.165) is 30.4 Å². The van der Waals surface area contributed by atoms with Crippen LogP contribution in [0, 0.1) is 0 Å². The predicted octanol–water partition coefficient (Wildman–Crippen LogP) is 0.161. The van der Waals surface area contributed by atoms with Gasteiger partial charge < -0.3 is 16.0 Å². The van der Waals surface area contributed by atoms with Crippen molar-refractivity contribution in [2.75, 3.05) is 19.6 Å². The molecule has 0 saturated carbocycles. The van der Waals surface area contributed by atoms with Crippen LogP contribution in [0.1, 0.15) is 23.3 Å². The van der Waals surface area contributed by atoms with Crippen LogP contribution in [-0.4, -0.2) is 47.7 Å². The van der Waals surface area contributed by atoms with Crippen LogP contribution in [0.2, 0.25) is 0 Å². The van der Waals surface area contributed by atoms with E-state index in [4.69, 9.17) is 0 Å². The van der Waals surface area contributed by atoms with E-state index < -0.39 is 0 Å². The molecular formula is C15H19N5O2. The molecule has 4 N–H and O–H groups in total. The molecule has 1 saturated heterocycles. The summed E-state index contributed by atoms with van der Waals surface area (Å²) in [6.45, 7) is 2.05. The Labute approximate surface area is 127 Å². The summed E-state index contributed by atoms with van der Waals surface area (Å²) in [4.78, 5) is 23.9. The van der Waals surface area contributed by atoms with Gasteiger partial charge in [0, 0.05) is 30.9 Å². The lowest BCUT2D eigenvalue weighted by Gasteiger charge is -2.11. The number of hydrogen-bond donors (Lipinski definition) is 4. The molecule has 2 heterocycles. The Kier molecular flexibility index (Phi) is 4.34. The van der Waals surface area contributed by atoms with Crippen LogP contribution in [0.3, 0.4) is 0 Å². The zero-order valence-electron chi connectivity index (χ0n) is 12.2. The van der Waals surface area contributed by atoms with E-state index in [9.17, 15) is 9.59 Å². The number of nitrogens with zero attached hydrogens (tertiary/aromatic N) is 1. The molecule has 7 heteroatoms. The second-order valence-electron chi connectivity index (χ2n) is 5.38. The van der Waals surface area contributed by atoms with Gasteiger partial charge in [-0.25, -0.2) is 0 Å². The number of amides is 2. The van der Waals surface area contributed by atoms with Gasteiger partial charge >= 0.3 is 0 Å². The lowest BCUT2D eigenvalue weighted by molar-refractivity contribution is -0.121. The summed E-state index contributed by atoms with van der Waals surface area (Å²) in [5, 5.41) is 16.5. The standard InChI is InChI=1S/C15H19N5O2/c21-13(18-10-5-7-16-9-10)6-8-17-15(22)14-11-3-1-2-4-12(11)19-20-14/h1-4,10,16H,5-9H2,(H,17,22)(H,18,21)(H,19,20). The molecule has 1 aliphatic rings. The van der Waals surface area contributed by atoms with Crippen LogP contribution in [0.5, 0.6) is 0 Å². The largest absolute Gasteiger partial charge is 0.352 e. The van der Waals surface area contributed by atoms with Crippen molar-refractivity contribution in [2.24, 2.45) is 0 Å². The molecule has 0 radical (unpaired) electrons. The van der Waals surface area contributed by atoms with Crippen LogP contribution >= 0.6 is 0 Å². The molecule has 0 spiro atoms. The predicted molar refractivity (Wildman–Crippen MR) is 82.5 cm³/mol. The first kappa shape index (κ1) is 14.5. The minimum Gasteiger partial charge on any atom is -0.352 e. The molecule has 7 nitrogen and oxygen atoms in total. The van der Waals surface area contributed by atoms with E-state index in [0.29, 0.717) is 12.2 Å². The first-order chi connectivity index (χ1) is 10.7. The van der Waals surface area contributed by atoms with Gasteiger partial charge in [0.2, 0.25) is 5.91 Å². The fourth-order valence-electron chi connectivity index (χ4n) is 2.59.